The summed E-state index contributed by atoms with van der Waals surface area (Å²) in [7, 11) is 1.64. The molecule has 1 amide bonds. The molecular formula is C26H28N6O2S. The molecule has 0 saturated heterocycles. The van der Waals surface area contributed by atoms with Gasteiger partial charge in [-0.3, -0.25) is 9.36 Å². The number of aryl methyl sites for hydroxylation is 1. The summed E-state index contributed by atoms with van der Waals surface area (Å²) < 4.78 is 9.25. The van der Waals surface area contributed by atoms with Gasteiger partial charge in [-0.15, -0.1) is 10.2 Å². The summed E-state index contributed by atoms with van der Waals surface area (Å²) in [6.45, 7) is 2.05. The average Bonchev–Trinajstić information content (AvgIpc) is 3.63. The van der Waals surface area contributed by atoms with Crippen molar-refractivity contribution in [1.82, 2.24) is 24.5 Å². The highest BCUT2D eigenvalue weighted by Gasteiger charge is 2.21. The summed E-state index contributed by atoms with van der Waals surface area (Å²) in [5.41, 5.74) is 3.00. The van der Waals surface area contributed by atoms with Crippen LogP contribution in [0.2, 0.25) is 0 Å². The molecule has 9 heteroatoms. The van der Waals surface area contributed by atoms with Crippen LogP contribution in [0.1, 0.15) is 37.3 Å². The molecule has 2 aromatic carbocycles. The summed E-state index contributed by atoms with van der Waals surface area (Å²) in [5, 5.41) is 17.0. The normalized spacial score (nSPS) is 13.8. The second-order valence-corrected chi connectivity index (χ2v) is 9.59. The molecule has 180 valence electrons. The SMILES string of the molecule is COc1ccc(-n2c(SCC(=O)Nc3ccnn3C3CCCC3)nnc2-c2cccc(C)c2)cc1. The Morgan fingerprint density at radius 2 is 1.91 bits per heavy atom. The number of rotatable bonds is 8. The van der Waals surface area contributed by atoms with Crippen LogP contribution in [-0.4, -0.2) is 43.3 Å². The maximum Gasteiger partial charge on any atom is 0.235 e. The van der Waals surface area contributed by atoms with E-state index < -0.39 is 0 Å². The van der Waals surface area contributed by atoms with E-state index in [1.165, 1.54) is 24.6 Å². The number of carbonyl (C=O) groups is 1. The first-order valence-electron chi connectivity index (χ1n) is 11.8. The van der Waals surface area contributed by atoms with Crippen LogP contribution in [0.5, 0.6) is 5.75 Å². The van der Waals surface area contributed by atoms with Crippen molar-refractivity contribution < 1.29 is 9.53 Å². The monoisotopic (exact) mass is 488 g/mol. The van der Waals surface area contributed by atoms with E-state index in [4.69, 9.17) is 4.74 Å². The van der Waals surface area contributed by atoms with E-state index in [1.807, 2.05) is 64.7 Å². The summed E-state index contributed by atoms with van der Waals surface area (Å²) in [6.07, 6.45) is 6.36. The molecule has 0 spiro atoms. The Morgan fingerprint density at radius 1 is 1.11 bits per heavy atom. The summed E-state index contributed by atoms with van der Waals surface area (Å²) in [4.78, 5) is 12.9. The van der Waals surface area contributed by atoms with Gasteiger partial charge in [0.05, 0.1) is 25.1 Å². The number of carbonyl (C=O) groups excluding carboxylic acids is 1. The molecule has 1 aliphatic carbocycles. The average molecular weight is 489 g/mol. The third-order valence-electron chi connectivity index (χ3n) is 6.18. The fourth-order valence-electron chi connectivity index (χ4n) is 4.46. The Labute approximate surface area is 208 Å². The molecule has 0 atom stereocenters. The molecule has 35 heavy (non-hydrogen) atoms. The lowest BCUT2D eigenvalue weighted by atomic mass is 10.1. The highest BCUT2D eigenvalue weighted by molar-refractivity contribution is 7.99. The van der Waals surface area contributed by atoms with Gasteiger partial charge in [-0.25, -0.2) is 4.68 Å². The van der Waals surface area contributed by atoms with E-state index in [-0.39, 0.29) is 11.7 Å². The van der Waals surface area contributed by atoms with Crippen molar-refractivity contribution in [2.45, 2.75) is 43.8 Å². The van der Waals surface area contributed by atoms with Crippen molar-refractivity contribution >= 4 is 23.5 Å². The minimum Gasteiger partial charge on any atom is -0.497 e. The van der Waals surface area contributed by atoms with Gasteiger partial charge in [-0.1, -0.05) is 48.4 Å². The molecule has 8 nitrogen and oxygen atoms in total. The van der Waals surface area contributed by atoms with Crippen molar-refractivity contribution in [3.63, 3.8) is 0 Å². The first-order valence-corrected chi connectivity index (χ1v) is 12.7. The van der Waals surface area contributed by atoms with Crippen molar-refractivity contribution in [1.29, 1.82) is 0 Å². The second kappa shape index (κ2) is 10.4. The van der Waals surface area contributed by atoms with Crippen molar-refractivity contribution in [3.8, 4) is 22.8 Å². The molecule has 0 unspecified atom stereocenters. The summed E-state index contributed by atoms with van der Waals surface area (Å²) in [5.74, 6) is 2.35. The Morgan fingerprint density at radius 3 is 2.66 bits per heavy atom. The third kappa shape index (κ3) is 5.09. The zero-order valence-corrected chi connectivity index (χ0v) is 20.7. The van der Waals surface area contributed by atoms with Gasteiger partial charge in [0, 0.05) is 17.3 Å². The number of hydrogen-bond donors (Lipinski definition) is 1. The van der Waals surface area contributed by atoms with Crippen LogP contribution in [0.3, 0.4) is 0 Å². The lowest BCUT2D eigenvalue weighted by Gasteiger charge is -2.14. The molecule has 1 N–H and O–H groups in total. The maximum absolute atomic E-state index is 12.9. The van der Waals surface area contributed by atoms with Gasteiger partial charge in [0.15, 0.2) is 11.0 Å². The third-order valence-corrected chi connectivity index (χ3v) is 7.11. The zero-order chi connectivity index (χ0) is 24.2. The first kappa shape index (κ1) is 23.2. The molecule has 2 heterocycles. The fourth-order valence-corrected chi connectivity index (χ4v) is 5.21. The van der Waals surface area contributed by atoms with E-state index in [9.17, 15) is 4.79 Å². The number of nitrogens with zero attached hydrogens (tertiary/aromatic N) is 5. The fraction of sp³-hybridized carbons (Fsp3) is 0.308. The number of anilines is 1. The number of ether oxygens (including phenoxy) is 1. The number of thioether (sulfide) groups is 1. The molecule has 1 aliphatic rings. The van der Waals surface area contributed by atoms with Crippen molar-refractivity contribution in [3.05, 3.63) is 66.4 Å². The van der Waals surface area contributed by atoms with Crippen LogP contribution >= 0.6 is 11.8 Å². The Hall–Kier alpha value is -3.59. The van der Waals surface area contributed by atoms with Crippen LogP contribution < -0.4 is 10.1 Å². The van der Waals surface area contributed by atoms with Crippen LogP contribution in [-0.2, 0) is 4.79 Å². The predicted molar refractivity (Wildman–Crippen MR) is 137 cm³/mol. The Kier molecular flexibility index (Phi) is 6.85. The largest absolute Gasteiger partial charge is 0.497 e. The molecular weight excluding hydrogens is 460 g/mol. The van der Waals surface area contributed by atoms with E-state index in [0.29, 0.717) is 11.2 Å². The number of amides is 1. The standard InChI is InChI=1S/C26H28N6O2S/c1-18-6-5-7-19(16-18)25-29-30-26(31(25)20-10-12-22(34-2)13-11-20)35-17-24(33)28-23-14-15-27-32(23)21-8-3-4-9-21/h5-7,10-16,21H,3-4,8-9,17H2,1-2H3,(H,28,33). The number of hydrogen-bond acceptors (Lipinski definition) is 6. The minimum atomic E-state index is -0.101. The van der Waals surface area contributed by atoms with E-state index in [2.05, 4.69) is 26.7 Å². The van der Waals surface area contributed by atoms with Crippen LogP contribution in [0.15, 0.2) is 66.0 Å². The van der Waals surface area contributed by atoms with Gasteiger partial charge in [0.2, 0.25) is 5.91 Å². The Bertz CT molecular complexity index is 1310. The number of nitrogens with one attached hydrogen (secondary N) is 1. The van der Waals surface area contributed by atoms with E-state index in [0.717, 1.165) is 47.0 Å². The molecule has 0 radical (unpaired) electrons. The molecule has 2 aromatic heterocycles. The topological polar surface area (TPSA) is 86.9 Å². The summed E-state index contributed by atoms with van der Waals surface area (Å²) >= 11 is 1.36. The molecule has 0 bridgehead atoms. The maximum atomic E-state index is 12.9. The second-order valence-electron chi connectivity index (χ2n) is 8.65. The zero-order valence-electron chi connectivity index (χ0n) is 19.8. The number of benzene rings is 2. The lowest BCUT2D eigenvalue weighted by Crippen LogP contribution is -2.19. The van der Waals surface area contributed by atoms with Gasteiger partial charge < -0.3 is 10.1 Å². The smallest absolute Gasteiger partial charge is 0.235 e. The van der Waals surface area contributed by atoms with E-state index in [1.54, 1.807) is 13.3 Å². The highest BCUT2D eigenvalue weighted by Crippen LogP contribution is 2.32. The molecule has 0 aliphatic heterocycles. The quantitative estimate of drug-likeness (QED) is 0.339. The molecule has 1 saturated carbocycles. The van der Waals surface area contributed by atoms with Gasteiger partial charge in [0.25, 0.3) is 0 Å². The van der Waals surface area contributed by atoms with Crippen LogP contribution in [0.4, 0.5) is 5.82 Å². The molecule has 5 rings (SSSR count). The lowest BCUT2D eigenvalue weighted by molar-refractivity contribution is -0.113. The van der Waals surface area contributed by atoms with Gasteiger partial charge in [-0.2, -0.15) is 5.10 Å². The Balaban J connectivity index is 1.37. The van der Waals surface area contributed by atoms with Gasteiger partial charge in [0.1, 0.15) is 11.6 Å². The first-order chi connectivity index (χ1) is 17.1. The van der Waals surface area contributed by atoms with Crippen molar-refractivity contribution in [2.24, 2.45) is 0 Å². The highest BCUT2D eigenvalue weighted by atomic mass is 32.2. The summed E-state index contributed by atoms with van der Waals surface area (Å²) in [6, 6.07) is 18.1. The molecule has 1 fully saturated rings. The van der Waals surface area contributed by atoms with Gasteiger partial charge >= 0.3 is 0 Å². The van der Waals surface area contributed by atoms with Gasteiger partial charge in [-0.05, 0) is 50.1 Å². The van der Waals surface area contributed by atoms with E-state index >= 15 is 0 Å². The van der Waals surface area contributed by atoms with Crippen LogP contribution in [0, 0.1) is 6.92 Å². The number of methoxy groups -OCH3 is 1. The van der Waals surface area contributed by atoms with Crippen LogP contribution in [0.25, 0.3) is 17.1 Å². The minimum absolute atomic E-state index is 0.101. The molecule has 4 aromatic rings. The number of aromatic nitrogens is 5. The van der Waals surface area contributed by atoms with Crippen molar-refractivity contribution in [2.75, 3.05) is 18.2 Å². The predicted octanol–water partition coefficient (Wildman–Crippen LogP) is 5.29.